The average Bonchev–Trinajstić information content (AvgIpc) is 2.87. The van der Waals surface area contributed by atoms with E-state index in [0.29, 0.717) is 5.02 Å². The molecule has 0 bridgehead atoms. The molecule has 4 nitrogen and oxygen atoms in total. The zero-order valence-corrected chi connectivity index (χ0v) is 14.0. The van der Waals surface area contributed by atoms with E-state index in [1.165, 1.54) is 29.9 Å². The number of fused-ring (bicyclic) bond motifs is 2. The number of hydrogen-bond donors (Lipinski definition) is 1. The van der Waals surface area contributed by atoms with Crippen LogP contribution < -0.4 is 10.1 Å². The van der Waals surface area contributed by atoms with Crippen LogP contribution in [0, 0.1) is 0 Å². The van der Waals surface area contributed by atoms with Gasteiger partial charge in [0.05, 0.1) is 17.3 Å². The number of ether oxygens (including phenoxy) is 1. The first-order valence-corrected chi connectivity index (χ1v) is 8.88. The van der Waals surface area contributed by atoms with Crippen molar-refractivity contribution in [2.75, 3.05) is 6.61 Å². The topological polar surface area (TPSA) is 39.1 Å². The maximum atomic E-state index is 6.31. The fourth-order valence-electron chi connectivity index (χ4n) is 3.63. The summed E-state index contributed by atoms with van der Waals surface area (Å²) in [5, 5.41) is 4.40. The Morgan fingerprint density at radius 3 is 3.22 bits per heavy atom. The number of rotatable bonds is 3. The van der Waals surface area contributed by atoms with Crippen molar-refractivity contribution in [2.24, 2.45) is 0 Å². The van der Waals surface area contributed by atoms with Gasteiger partial charge < -0.3 is 14.6 Å². The van der Waals surface area contributed by atoms with Crippen LogP contribution in [0.5, 0.6) is 5.75 Å². The first-order chi connectivity index (χ1) is 11.3. The lowest BCUT2D eigenvalue weighted by Crippen LogP contribution is -2.23. The highest BCUT2D eigenvalue weighted by Gasteiger charge is 2.22. The van der Waals surface area contributed by atoms with Gasteiger partial charge in [-0.1, -0.05) is 23.7 Å². The Morgan fingerprint density at radius 2 is 2.26 bits per heavy atom. The lowest BCUT2D eigenvalue weighted by Gasteiger charge is -2.21. The van der Waals surface area contributed by atoms with Crippen LogP contribution >= 0.6 is 11.6 Å². The van der Waals surface area contributed by atoms with Crippen molar-refractivity contribution in [3.63, 3.8) is 0 Å². The zero-order valence-electron chi connectivity index (χ0n) is 13.2. The molecule has 0 spiro atoms. The van der Waals surface area contributed by atoms with E-state index < -0.39 is 0 Å². The van der Waals surface area contributed by atoms with Crippen LogP contribution in [0.25, 0.3) is 0 Å². The largest absolute Gasteiger partial charge is 0.492 e. The second-order valence-corrected chi connectivity index (χ2v) is 6.76. The van der Waals surface area contributed by atoms with Crippen LogP contribution in [-0.4, -0.2) is 16.2 Å². The van der Waals surface area contributed by atoms with Gasteiger partial charge in [0.1, 0.15) is 11.6 Å². The highest BCUT2D eigenvalue weighted by atomic mass is 35.5. The molecule has 122 valence electrons. The average molecular weight is 332 g/mol. The lowest BCUT2D eigenvalue weighted by atomic mass is 10.0. The molecule has 1 N–H and O–H groups in total. The van der Waals surface area contributed by atoms with Crippen LogP contribution in [0.2, 0.25) is 5.02 Å². The monoisotopic (exact) mass is 331 g/mol. The van der Waals surface area contributed by atoms with Gasteiger partial charge in [0.2, 0.25) is 0 Å². The number of nitrogens with one attached hydrogen (secondary N) is 1. The molecule has 1 unspecified atom stereocenters. The maximum absolute atomic E-state index is 6.31. The van der Waals surface area contributed by atoms with Gasteiger partial charge in [0, 0.05) is 37.3 Å². The predicted octanol–water partition coefficient (Wildman–Crippen LogP) is 3.88. The summed E-state index contributed by atoms with van der Waals surface area (Å²) in [4.78, 5) is 4.57. The Bertz CT molecular complexity index is 698. The number of benzene rings is 1. The minimum absolute atomic E-state index is 0.279. The van der Waals surface area contributed by atoms with Gasteiger partial charge >= 0.3 is 0 Å². The van der Waals surface area contributed by atoms with Gasteiger partial charge in [-0.3, -0.25) is 0 Å². The Hall–Kier alpha value is -1.52. The van der Waals surface area contributed by atoms with Crippen molar-refractivity contribution in [1.82, 2.24) is 14.9 Å². The quantitative estimate of drug-likeness (QED) is 0.927. The van der Waals surface area contributed by atoms with E-state index in [9.17, 15) is 0 Å². The molecule has 0 amide bonds. The minimum Gasteiger partial charge on any atom is -0.492 e. The molecule has 2 aliphatic rings. The number of imidazole rings is 1. The summed E-state index contributed by atoms with van der Waals surface area (Å²) in [6.07, 6.45) is 7.75. The molecular weight excluding hydrogens is 310 g/mol. The van der Waals surface area contributed by atoms with E-state index in [0.717, 1.165) is 44.7 Å². The summed E-state index contributed by atoms with van der Waals surface area (Å²) in [6.45, 7) is 2.67. The molecular formula is C18H22ClN3O. The summed E-state index contributed by atoms with van der Waals surface area (Å²) in [5.41, 5.74) is 2.46. The van der Waals surface area contributed by atoms with Crippen molar-refractivity contribution < 1.29 is 4.74 Å². The van der Waals surface area contributed by atoms with E-state index in [1.54, 1.807) is 0 Å². The molecule has 1 aromatic heterocycles. The van der Waals surface area contributed by atoms with Crippen molar-refractivity contribution >= 4 is 11.6 Å². The number of nitrogens with zero attached hydrogens (tertiary/aromatic N) is 2. The van der Waals surface area contributed by atoms with Gasteiger partial charge in [-0.2, -0.15) is 0 Å². The highest BCUT2D eigenvalue weighted by Crippen LogP contribution is 2.37. The van der Waals surface area contributed by atoms with Crippen molar-refractivity contribution in [3.8, 4) is 5.75 Å². The van der Waals surface area contributed by atoms with Crippen molar-refractivity contribution in [2.45, 2.75) is 51.2 Å². The van der Waals surface area contributed by atoms with E-state index in [-0.39, 0.29) is 6.04 Å². The molecule has 1 aromatic carbocycles. The fraction of sp³-hybridized carbons (Fsp3) is 0.500. The number of hydrogen-bond acceptors (Lipinski definition) is 3. The Labute approximate surface area is 141 Å². The highest BCUT2D eigenvalue weighted by molar-refractivity contribution is 6.32. The SMILES string of the molecule is Clc1cccc2c1OCCCC2NCc1cnc2n1CCCC2. The van der Waals surface area contributed by atoms with Gasteiger partial charge in [0.25, 0.3) is 0 Å². The van der Waals surface area contributed by atoms with Crippen LogP contribution in [0.1, 0.15) is 48.8 Å². The Morgan fingerprint density at radius 1 is 1.30 bits per heavy atom. The Balaban J connectivity index is 1.53. The predicted molar refractivity (Wildman–Crippen MR) is 90.9 cm³/mol. The molecule has 1 atom stereocenters. The first kappa shape index (κ1) is 15.0. The van der Waals surface area contributed by atoms with Crippen LogP contribution in [0.4, 0.5) is 0 Å². The van der Waals surface area contributed by atoms with E-state index >= 15 is 0 Å². The number of aryl methyl sites for hydroxylation is 1. The molecule has 0 saturated heterocycles. The van der Waals surface area contributed by atoms with Crippen molar-refractivity contribution in [1.29, 1.82) is 0 Å². The molecule has 5 heteroatoms. The Kier molecular flexibility index (Phi) is 4.27. The lowest BCUT2D eigenvalue weighted by molar-refractivity contribution is 0.315. The fourth-order valence-corrected chi connectivity index (χ4v) is 3.87. The standard InChI is InChI=1S/C18H22ClN3O/c19-15-6-3-5-14-16(7-4-10-23-18(14)15)20-11-13-12-21-17-8-1-2-9-22(13)17/h3,5-6,12,16,20H,1-2,4,7-11H2. The normalized spacial score (nSPS) is 20.3. The summed E-state index contributed by atoms with van der Waals surface area (Å²) in [7, 11) is 0. The van der Waals surface area contributed by atoms with E-state index in [1.807, 2.05) is 18.3 Å². The first-order valence-electron chi connectivity index (χ1n) is 8.51. The number of aromatic nitrogens is 2. The molecule has 23 heavy (non-hydrogen) atoms. The molecule has 0 fully saturated rings. The minimum atomic E-state index is 0.279. The number of halogens is 1. The van der Waals surface area contributed by atoms with E-state index in [4.69, 9.17) is 16.3 Å². The summed E-state index contributed by atoms with van der Waals surface area (Å²) in [6, 6.07) is 6.30. The third-order valence-corrected chi connectivity index (χ3v) is 5.14. The third-order valence-electron chi connectivity index (χ3n) is 4.84. The van der Waals surface area contributed by atoms with Gasteiger partial charge in [-0.15, -0.1) is 0 Å². The maximum Gasteiger partial charge on any atom is 0.142 e. The van der Waals surface area contributed by atoms with Gasteiger partial charge in [0.15, 0.2) is 0 Å². The molecule has 3 heterocycles. The second kappa shape index (κ2) is 6.54. The number of para-hydroxylation sites is 1. The zero-order chi connectivity index (χ0) is 15.6. The molecule has 0 radical (unpaired) electrons. The third kappa shape index (κ3) is 2.98. The summed E-state index contributed by atoms with van der Waals surface area (Å²) >= 11 is 6.31. The summed E-state index contributed by atoms with van der Waals surface area (Å²) < 4.78 is 8.23. The van der Waals surface area contributed by atoms with Crippen LogP contribution in [-0.2, 0) is 19.5 Å². The molecule has 4 rings (SSSR count). The summed E-state index contributed by atoms with van der Waals surface area (Å²) in [5.74, 6) is 2.08. The smallest absolute Gasteiger partial charge is 0.142 e. The molecule has 2 aromatic rings. The second-order valence-electron chi connectivity index (χ2n) is 6.36. The van der Waals surface area contributed by atoms with Gasteiger partial charge in [-0.25, -0.2) is 4.98 Å². The van der Waals surface area contributed by atoms with Crippen LogP contribution in [0.15, 0.2) is 24.4 Å². The van der Waals surface area contributed by atoms with Crippen molar-refractivity contribution in [3.05, 3.63) is 46.5 Å². The van der Waals surface area contributed by atoms with Crippen LogP contribution in [0.3, 0.4) is 0 Å². The molecule has 0 saturated carbocycles. The van der Waals surface area contributed by atoms with E-state index in [2.05, 4.69) is 20.9 Å². The molecule has 2 aliphatic heterocycles. The van der Waals surface area contributed by atoms with Gasteiger partial charge in [-0.05, 0) is 31.7 Å². The molecule has 0 aliphatic carbocycles.